The van der Waals surface area contributed by atoms with Gasteiger partial charge in [-0.3, -0.25) is 14.3 Å². The van der Waals surface area contributed by atoms with Crippen LogP contribution in [0, 0.1) is 5.82 Å². The van der Waals surface area contributed by atoms with Crippen molar-refractivity contribution in [3.05, 3.63) is 35.9 Å². The summed E-state index contributed by atoms with van der Waals surface area (Å²) < 4.78 is 20.6. The predicted molar refractivity (Wildman–Crippen MR) is 116 cm³/mol. The second-order valence-corrected chi connectivity index (χ2v) is 8.08. The van der Waals surface area contributed by atoms with Crippen LogP contribution in [0.1, 0.15) is 36.0 Å². The van der Waals surface area contributed by atoms with Gasteiger partial charge in [0.1, 0.15) is 17.6 Å². The van der Waals surface area contributed by atoms with Crippen LogP contribution in [0.2, 0.25) is 0 Å². The zero-order valence-corrected chi connectivity index (χ0v) is 17.9. The highest BCUT2D eigenvalue weighted by molar-refractivity contribution is 5.98. The van der Waals surface area contributed by atoms with Gasteiger partial charge in [0, 0.05) is 12.5 Å². The Labute approximate surface area is 176 Å². The van der Waals surface area contributed by atoms with Gasteiger partial charge in [0.05, 0.1) is 50.9 Å². The van der Waals surface area contributed by atoms with Crippen LogP contribution in [0.5, 0.6) is 5.75 Å². The van der Waals surface area contributed by atoms with Crippen LogP contribution in [0.25, 0.3) is 0 Å². The molecule has 0 aromatic carbocycles. The summed E-state index contributed by atoms with van der Waals surface area (Å²) in [6, 6.07) is 3.28. The second-order valence-electron chi connectivity index (χ2n) is 8.08. The normalized spacial score (nSPS) is 19.4. The zero-order valence-electron chi connectivity index (χ0n) is 17.9. The number of anilines is 2. The Morgan fingerprint density at radius 3 is 2.67 bits per heavy atom. The molecule has 2 aromatic rings. The highest BCUT2D eigenvalue weighted by atomic mass is 19.1. The molecule has 0 bridgehead atoms. The first-order valence-electron chi connectivity index (χ1n) is 10.1. The number of halogens is 1. The van der Waals surface area contributed by atoms with Gasteiger partial charge in [0.2, 0.25) is 5.82 Å². The van der Waals surface area contributed by atoms with Crippen molar-refractivity contribution in [2.24, 2.45) is 5.73 Å². The summed E-state index contributed by atoms with van der Waals surface area (Å²) in [6.07, 6.45) is 7.35. The molecular weight excluding hydrogens is 387 g/mol. The van der Waals surface area contributed by atoms with E-state index in [0.29, 0.717) is 11.4 Å². The van der Waals surface area contributed by atoms with Crippen LogP contribution in [0.3, 0.4) is 0 Å². The number of pyridine rings is 2. The van der Waals surface area contributed by atoms with Gasteiger partial charge >= 0.3 is 0 Å². The molecular formula is C21H30FN6O2+. The van der Waals surface area contributed by atoms with E-state index in [1.54, 1.807) is 18.5 Å². The Morgan fingerprint density at radius 1 is 1.27 bits per heavy atom. The van der Waals surface area contributed by atoms with Crippen molar-refractivity contribution in [3.8, 4) is 5.75 Å². The minimum Gasteiger partial charge on any atom is -0.495 e. The first-order chi connectivity index (χ1) is 14.3. The van der Waals surface area contributed by atoms with E-state index < -0.39 is 11.7 Å². The molecule has 1 aliphatic rings. The molecule has 0 aliphatic heterocycles. The summed E-state index contributed by atoms with van der Waals surface area (Å²) in [5, 5.41) is 6.42. The summed E-state index contributed by atoms with van der Waals surface area (Å²) in [4.78, 5) is 20.6. The van der Waals surface area contributed by atoms with E-state index in [2.05, 4.69) is 20.6 Å². The Kier molecular flexibility index (Phi) is 6.52. The molecule has 8 nitrogen and oxygen atoms in total. The van der Waals surface area contributed by atoms with Gasteiger partial charge in [-0.2, -0.15) is 9.37 Å². The Hall–Kier alpha value is -2.78. The maximum Gasteiger partial charge on any atom is 0.265 e. The number of quaternary nitrogens is 1. The van der Waals surface area contributed by atoms with Crippen molar-refractivity contribution < 1.29 is 13.9 Å². The monoisotopic (exact) mass is 417 g/mol. The summed E-state index contributed by atoms with van der Waals surface area (Å²) in [7, 11) is 7.37. The molecule has 1 amide bonds. The molecule has 2 heterocycles. The van der Waals surface area contributed by atoms with E-state index in [-0.39, 0.29) is 33.8 Å². The summed E-state index contributed by atoms with van der Waals surface area (Å²) in [5.74, 6) is -0.327. The predicted octanol–water partition coefficient (Wildman–Crippen LogP) is 2.56. The van der Waals surface area contributed by atoms with Gasteiger partial charge < -0.3 is 21.1 Å². The number of ether oxygens (including phenoxy) is 1. The third kappa shape index (κ3) is 4.36. The Bertz CT molecular complexity index is 920. The number of rotatable bonds is 7. The Balaban J connectivity index is 2.05. The SMILES string of the molecule is CNC1CCCCC1[N+](C)(C)c1nc(Nc2cncc(OC)c2)c(C(N)=O)cc1F. The number of nitrogens with one attached hydrogen (secondary N) is 2. The fourth-order valence-corrected chi connectivity index (χ4v) is 4.28. The topological polar surface area (TPSA) is 102 Å². The summed E-state index contributed by atoms with van der Waals surface area (Å²) in [6.45, 7) is 0. The molecule has 2 unspecified atom stereocenters. The molecule has 2 aromatic heterocycles. The highest BCUT2D eigenvalue weighted by Gasteiger charge is 2.41. The first kappa shape index (κ1) is 21.9. The van der Waals surface area contributed by atoms with Gasteiger partial charge in [0.25, 0.3) is 11.7 Å². The van der Waals surface area contributed by atoms with Crippen molar-refractivity contribution in [3.63, 3.8) is 0 Å². The number of nitrogens with zero attached hydrogens (tertiary/aromatic N) is 3. The molecule has 0 spiro atoms. The van der Waals surface area contributed by atoms with Gasteiger partial charge in [-0.25, -0.2) is 0 Å². The van der Waals surface area contributed by atoms with Crippen LogP contribution < -0.4 is 25.6 Å². The number of aromatic nitrogens is 2. The van der Waals surface area contributed by atoms with E-state index in [1.807, 2.05) is 21.1 Å². The van der Waals surface area contributed by atoms with Crippen molar-refractivity contribution in [2.45, 2.75) is 37.8 Å². The maximum atomic E-state index is 15.2. The second kappa shape index (κ2) is 8.93. The molecule has 0 radical (unpaired) electrons. The molecule has 3 rings (SSSR count). The number of amides is 1. The van der Waals surface area contributed by atoms with Crippen molar-refractivity contribution >= 4 is 23.2 Å². The van der Waals surface area contributed by atoms with Crippen molar-refractivity contribution in [1.29, 1.82) is 0 Å². The third-order valence-corrected chi connectivity index (χ3v) is 5.91. The van der Waals surface area contributed by atoms with Crippen LogP contribution in [-0.4, -0.2) is 56.2 Å². The highest BCUT2D eigenvalue weighted by Crippen LogP contribution is 2.34. The largest absolute Gasteiger partial charge is 0.495 e. The lowest BCUT2D eigenvalue weighted by Crippen LogP contribution is -2.60. The number of nitrogens with two attached hydrogens (primary N) is 1. The van der Waals surface area contributed by atoms with Crippen LogP contribution in [0.4, 0.5) is 21.7 Å². The lowest BCUT2D eigenvalue weighted by molar-refractivity contribution is 0.1000. The van der Waals surface area contributed by atoms with Gasteiger partial charge in [-0.1, -0.05) is 6.42 Å². The summed E-state index contributed by atoms with van der Waals surface area (Å²) >= 11 is 0. The molecule has 9 heteroatoms. The molecule has 30 heavy (non-hydrogen) atoms. The van der Waals surface area contributed by atoms with E-state index >= 15 is 4.39 Å². The van der Waals surface area contributed by atoms with E-state index in [4.69, 9.17) is 10.5 Å². The number of hydrogen-bond donors (Lipinski definition) is 3. The number of carbonyl (C=O) groups excluding carboxylic acids is 1. The fraction of sp³-hybridized carbons (Fsp3) is 0.476. The Morgan fingerprint density at radius 2 is 2.00 bits per heavy atom. The van der Waals surface area contributed by atoms with Crippen LogP contribution in [0.15, 0.2) is 24.5 Å². The van der Waals surface area contributed by atoms with Gasteiger partial charge in [-0.15, -0.1) is 0 Å². The number of methoxy groups -OCH3 is 1. The minimum atomic E-state index is -0.762. The van der Waals surface area contributed by atoms with Crippen LogP contribution >= 0.6 is 0 Å². The van der Waals surface area contributed by atoms with Gasteiger partial charge in [0.15, 0.2) is 0 Å². The van der Waals surface area contributed by atoms with E-state index in [0.717, 1.165) is 31.7 Å². The fourth-order valence-electron chi connectivity index (χ4n) is 4.28. The van der Waals surface area contributed by atoms with Crippen molar-refractivity contribution in [1.82, 2.24) is 19.8 Å². The molecule has 2 atom stereocenters. The smallest absolute Gasteiger partial charge is 0.265 e. The van der Waals surface area contributed by atoms with Crippen molar-refractivity contribution in [2.75, 3.05) is 33.6 Å². The lowest BCUT2D eigenvalue weighted by Gasteiger charge is -2.43. The summed E-state index contributed by atoms with van der Waals surface area (Å²) in [5.41, 5.74) is 6.03. The average Bonchev–Trinajstić information content (AvgIpc) is 2.74. The first-order valence-corrected chi connectivity index (χ1v) is 10.1. The number of likely N-dealkylation sites (N-methyl/N-ethyl adjacent to an activating group) is 2. The number of hydrogen-bond acceptors (Lipinski definition) is 6. The van der Waals surface area contributed by atoms with Crippen LogP contribution in [-0.2, 0) is 0 Å². The van der Waals surface area contributed by atoms with E-state index in [1.165, 1.54) is 7.11 Å². The standard InChI is InChI=1S/C21H29FN6O2/c1-24-17-7-5-6-8-18(17)28(2,3)21-16(22)10-15(19(23)29)20(27-21)26-13-9-14(30-4)12-25-11-13/h9-12,17-18,24H,5-8H2,1-4H3,(H2-,23,26,27,29)/p+1. The minimum absolute atomic E-state index is 0.0205. The number of carbonyl (C=O) groups is 1. The average molecular weight is 418 g/mol. The van der Waals surface area contributed by atoms with Gasteiger partial charge in [-0.05, 0) is 26.0 Å². The maximum absolute atomic E-state index is 15.2. The molecule has 162 valence electrons. The quantitative estimate of drug-likeness (QED) is 0.599. The number of primary amides is 1. The third-order valence-electron chi connectivity index (χ3n) is 5.91. The molecule has 1 fully saturated rings. The molecule has 1 saturated carbocycles. The molecule has 1 aliphatic carbocycles. The zero-order chi connectivity index (χ0) is 21.9. The molecule has 0 saturated heterocycles. The van der Waals surface area contributed by atoms with E-state index in [9.17, 15) is 4.79 Å². The lowest BCUT2D eigenvalue weighted by atomic mass is 9.88. The molecule has 4 N–H and O–H groups in total.